The van der Waals surface area contributed by atoms with E-state index in [0.29, 0.717) is 19.7 Å². The number of morpholine rings is 1. The van der Waals surface area contributed by atoms with Crippen LogP contribution in [0.15, 0.2) is 24.3 Å². The summed E-state index contributed by atoms with van der Waals surface area (Å²) in [5.74, 6) is 0.0162. The molecule has 19 heavy (non-hydrogen) atoms. The number of rotatable bonds is 2. The molecule has 0 radical (unpaired) electrons. The highest BCUT2D eigenvalue weighted by Crippen LogP contribution is 2.24. The zero-order chi connectivity index (χ0) is 13.2. The van der Waals surface area contributed by atoms with E-state index in [-0.39, 0.29) is 23.7 Å². The van der Waals surface area contributed by atoms with Crippen molar-refractivity contribution >= 4 is 5.91 Å². The minimum Gasteiger partial charge on any atom is -0.370 e. The number of hydrogen-bond acceptors (Lipinski definition) is 3. The van der Waals surface area contributed by atoms with Gasteiger partial charge in [0.15, 0.2) is 0 Å². The molecule has 2 aliphatic heterocycles. The lowest BCUT2D eigenvalue weighted by Gasteiger charge is -2.37. The van der Waals surface area contributed by atoms with Gasteiger partial charge in [0.1, 0.15) is 11.9 Å². The maximum atomic E-state index is 13.2. The molecular weight excluding hydrogens is 247 g/mol. The summed E-state index contributed by atoms with van der Waals surface area (Å²) in [5, 5.41) is 3.10. The van der Waals surface area contributed by atoms with Crippen molar-refractivity contribution in [1.29, 1.82) is 0 Å². The van der Waals surface area contributed by atoms with E-state index in [1.54, 1.807) is 6.07 Å². The number of carbonyl (C=O) groups excluding carboxylic acids is 1. The molecule has 0 aliphatic carbocycles. The molecule has 2 saturated heterocycles. The highest BCUT2D eigenvalue weighted by molar-refractivity contribution is 5.80. The van der Waals surface area contributed by atoms with E-state index in [4.69, 9.17) is 4.74 Å². The molecule has 1 N–H and O–H groups in total. The molecule has 1 atom stereocenters. The van der Waals surface area contributed by atoms with Crippen LogP contribution in [0.5, 0.6) is 0 Å². The molecule has 1 unspecified atom stereocenters. The van der Waals surface area contributed by atoms with Gasteiger partial charge in [0.2, 0.25) is 5.91 Å². The Kier molecular flexibility index (Phi) is 3.48. The van der Waals surface area contributed by atoms with Crippen LogP contribution in [0.2, 0.25) is 0 Å². The molecule has 2 heterocycles. The van der Waals surface area contributed by atoms with Crippen LogP contribution in [0.25, 0.3) is 0 Å². The van der Waals surface area contributed by atoms with Gasteiger partial charge in [-0.3, -0.25) is 4.79 Å². The van der Waals surface area contributed by atoms with Crippen molar-refractivity contribution in [3.8, 4) is 0 Å². The van der Waals surface area contributed by atoms with Crippen molar-refractivity contribution in [2.45, 2.75) is 6.10 Å². The zero-order valence-electron chi connectivity index (χ0n) is 10.6. The Hall–Kier alpha value is -1.46. The van der Waals surface area contributed by atoms with Crippen molar-refractivity contribution in [1.82, 2.24) is 10.2 Å². The molecular formula is C14H17FN2O2. The maximum Gasteiger partial charge on any atom is 0.228 e. The van der Waals surface area contributed by atoms with E-state index < -0.39 is 0 Å². The lowest BCUT2D eigenvalue weighted by atomic mass is 10.0. The topological polar surface area (TPSA) is 41.6 Å². The Balaban J connectivity index is 1.69. The van der Waals surface area contributed by atoms with Crippen molar-refractivity contribution in [2.75, 3.05) is 32.8 Å². The number of ether oxygens (including phenoxy) is 1. The monoisotopic (exact) mass is 264 g/mol. The summed E-state index contributed by atoms with van der Waals surface area (Å²) in [5.41, 5.74) is 0.796. The number of amides is 1. The number of benzene rings is 1. The number of carbonyl (C=O) groups is 1. The predicted octanol–water partition coefficient (Wildman–Crippen LogP) is 0.945. The summed E-state index contributed by atoms with van der Waals surface area (Å²) in [4.78, 5) is 14.0. The van der Waals surface area contributed by atoms with Crippen LogP contribution in [0.1, 0.15) is 11.7 Å². The summed E-state index contributed by atoms with van der Waals surface area (Å²) < 4.78 is 18.9. The zero-order valence-corrected chi connectivity index (χ0v) is 10.6. The molecule has 1 amide bonds. The van der Waals surface area contributed by atoms with E-state index in [2.05, 4.69) is 5.32 Å². The van der Waals surface area contributed by atoms with E-state index in [1.807, 2.05) is 11.0 Å². The Morgan fingerprint density at radius 2 is 2.26 bits per heavy atom. The first-order valence-electron chi connectivity index (χ1n) is 6.60. The fourth-order valence-corrected chi connectivity index (χ4v) is 2.48. The summed E-state index contributed by atoms with van der Waals surface area (Å²) in [7, 11) is 0. The highest BCUT2D eigenvalue weighted by atomic mass is 19.1. The number of nitrogens with zero attached hydrogens (tertiary/aromatic N) is 1. The first-order chi connectivity index (χ1) is 9.24. The second-order valence-corrected chi connectivity index (χ2v) is 5.05. The van der Waals surface area contributed by atoms with Crippen LogP contribution in [-0.2, 0) is 9.53 Å². The molecule has 1 aromatic rings. The van der Waals surface area contributed by atoms with Gasteiger partial charge in [-0.05, 0) is 17.7 Å². The predicted molar refractivity (Wildman–Crippen MR) is 68.0 cm³/mol. The largest absolute Gasteiger partial charge is 0.370 e. The van der Waals surface area contributed by atoms with Crippen LogP contribution in [0.4, 0.5) is 4.39 Å². The molecule has 0 saturated carbocycles. The quantitative estimate of drug-likeness (QED) is 0.864. The molecule has 0 aromatic heterocycles. The van der Waals surface area contributed by atoms with E-state index >= 15 is 0 Å². The first kappa shape index (κ1) is 12.6. The van der Waals surface area contributed by atoms with Gasteiger partial charge in [-0.1, -0.05) is 12.1 Å². The molecule has 3 rings (SSSR count). The average Bonchev–Trinajstić information content (AvgIpc) is 2.37. The standard InChI is InChI=1S/C14H17FN2O2/c15-12-3-1-2-10(6-12)13-9-17(4-5-19-13)14(18)11-7-16-8-11/h1-3,6,11,13,16H,4-5,7-9H2. The summed E-state index contributed by atoms with van der Waals surface area (Å²) in [6.07, 6.45) is -0.221. The van der Waals surface area contributed by atoms with Gasteiger partial charge in [-0.15, -0.1) is 0 Å². The highest BCUT2D eigenvalue weighted by Gasteiger charge is 2.32. The van der Waals surface area contributed by atoms with Crippen LogP contribution >= 0.6 is 0 Å². The molecule has 102 valence electrons. The maximum absolute atomic E-state index is 13.2. The van der Waals surface area contributed by atoms with Gasteiger partial charge in [0.05, 0.1) is 19.1 Å². The van der Waals surface area contributed by atoms with Gasteiger partial charge in [-0.2, -0.15) is 0 Å². The number of hydrogen-bond donors (Lipinski definition) is 1. The van der Waals surface area contributed by atoms with Crippen LogP contribution in [0.3, 0.4) is 0 Å². The Morgan fingerprint density at radius 3 is 2.95 bits per heavy atom. The minimum absolute atomic E-state index is 0.103. The third kappa shape index (κ3) is 2.62. The summed E-state index contributed by atoms with van der Waals surface area (Å²) in [6.45, 7) is 3.18. The van der Waals surface area contributed by atoms with Crippen LogP contribution < -0.4 is 5.32 Å². The van der Waals surface area contributed by atoms with E-state index in [1.165, 1.54) is 12.1 Å². The summed E-state index contributed by atoms with van der Waals surface area (Å²) in [6, 6.07) is 6.40. The molecule has 2 aliphatic rings. The van der Waals surface area contributed by atoms with Crippen molar-refractivity contribution in [3.63, 3.8) is 0 Å². The van der Waals surface area contributed by atoms with E-state index in [9.17, 15) is 9.18 Å². The average molecular weight is 264 g/mol. The molecule has 0 bridgehead atoms. The third-order valence-corrected chi connectivity index (χ3v) is 3.73. The lowest BCUT2D eigenvalue weighted by Crippen LogP contribution is -2.54. The van der Waals surface area contributed by atoms with Gasteiger partial charge in [0.25, 0.3) is 0 Å². The lowest BCUT2D eigenvalue weighted by molar-refractivity contribution is -0.144. The Labute approximate surface area is 111 Å². The number of halogens is 1. The fraction of sp³-hybridized carbons (Fsp3) is 0.500. The third-order valence-electron chi connectivity index (χ3n) is 3.73. The van der Waals surface area contributed by atoms with Crippen molar-refractivity contribution in [2.24, 2.45) is 5.92 Å². The van der Waals surface area contributed by atoms with Crippen LogP contribution in [-0.4, -0.2) is 43.6 Å². The molecule has 5 heteroatoms. The SMILES string of the molecule is O=C(C1CNC1)N1CCOC(c2cccc(F)c2)C1. The van der Waals surface area contributed by atoms with Gasteiger partial charge in [0, 0.05) is 19.6 Å². The normalized spacial score (nSPS) is 24.1. The second kappa shape index (κ2) is 5.27. The number of nitrogens with one attached hydrogen (secondary N) is 1. The smallest absolute Gasteiger partial charge is 0.228 e. The molecule has 2 fully saturated rings. The van der Waals surface area contributed by atoms with Crippen molar-refractivity contribution < 1.29 is 13.9 Å². The van der Waals surface area contributed by atoms with Crippen LogP contribution in [0, 0.1) is 11.7 Å². The van der Waals surface area contributed by atoms with Gasteiger partial charge < -0.3 is 15.0 Å². The Morgan fingerprint density at radius 1 is 1.42 bits per heavy atom. The van der Waals surface area contributed by atoms with Crippen molar-refractivity contribution in [3.05, 3.63) is 35.6 Å². The van der Waals surface area contributed by atoms with Gasteiger partial charge >= 0.3 is 0 Å². The molecule has 1 aromatic carbocycles. The minimum atomic E-state index is -0.271. The second-order valence-electron chi connectivity index (χ2n) is 5.05. The van der Waals surface area contributed by atoms with Gasteiger partial charge in [-0.25, -0.2) is 4.39 Å². The summed E-state index contributed by atoms with van der Waals surface area (Å²) >= 11 is 0. The molecule has 0 spiro atoms. The Bertz CT molecular complexity index is 476. The fourth-order valence-electron chi connectivity index (χ4n) is 2.48. The van der Waals surface area contributed by atoms with E-state index in [0.717, 1.165) is 18.7 Å². The first-order valence-corrected chi connectivity index (χ1v) is 6.60. The molecule has 4 nitrogen and oxygen atoms in total.